The van der Waals surface area contributed by atoms with Gasteiger partial charge in [-0.25, -0.2) is 0 Å². The van der Waals surface area contributed by atoms with Crippen LogP contribution in [0, 0.1) is 0 Å². The van der Waals surface area contributed by atoms with Crippen LogP contribution in [0.15, 0.2) is 67.0 Å². The molecule has 0 saturated carbocycles. The second kappa shape index (κ2) is 9.44. The number of hydrogen-bond acceptors (Lipinski definition) is 4. The molecule has 36 heavy (non-hydrogen) atoms. The molecule has 0 atom stereocenters. The fraction of sp³-hybridized carbons (Fsp3) is 0.167. The summed E-state index contributed by atoms with van der Waals surface area (Å²) >= 11 is 0. The van der Waals surface area contributed by atoms with Gasteiger partial charge in [-0.2, -0.15) is 13.2 Å². The lowest BCUT2D eigenvalue weighted by Crippen LogP contribution is -2.17. The highest BCUT2D eigenvalue weighted by Gasteiger charge is 2.34. The van der Waals surface area contributed by atoms with Crippen molar-refractivity contribution in [1.29, 1.82) is 0 Å². The fourth-order valence-corrected chi connectivity index (χ4v) is 3.55. The van der Waals surface area contributed by atoms with Crippen LogP contribution in [0.2, 0.25) is 0 Å². The molecule has 0 radical (unpaired) electrons. The molecule has 0 aliphatic carbocycles. The lowest BCUT2D eigenvalue weighted by Gasteiger charge is -2.15. The molecule has 0 saturated heterocycles. The Morgan fingerprint density at radius 3 is 2.28 bits per heavy atom. The van der Waals surface area contributed by atoms with Crippen molar-refractivity contribution < 1.29 is 45.7 Å². The van der Waals surface area contributed by atoms with E-state index >= 15 is 0 Å². The first kappa shape index (κ1) is 24.9. The Bertz CT molecular complexity index is 1390. The van der Waals surface area contributed by atoms with Crippen molar-refractivity contribution >= 4 is 16.9 Å². The molecule has 4 rings (SSSR count). The topological polar surface area (TPSA) is 73.6 Å². The number of carboxylic acids is 1. The normalized spacial score (nSPS) is 12.1. The van der Waals surface area contributed by atoms with Crippen LogP contribution in [-0.2, 0) is 24.1 Å². The summed E-state index contributed by atoms with van der Waals surface area (Å²) in [4.78, 5) is 15.0. The summed E-state index contributed by atoms with van der Waals surface area (Å²) in [5.41, 5.74) is -0.676. The maximum atomic E-state index is 13.8. The van der Waals surface area contributed by atoms with Crippen LogP contribution in [0.1, 0.15) is 11.1 Å². The standard InChI is InChI=1S/C24H16F6N2O4/c25-23(26,27)19-10-20(14-1-4-17(5-2-14)36-24(28,29)30)31-11-16(19)13-35-18-6-3-15-7-8-32(12-22(33)34)21(15)9-18/h1-11H,12-13H2,(H,33,34). The van der Waals surface area contributed by atoms with Crippen molar-refractivity contribution in [3.05, 3.63) is 78.1 Å². The van der Waals surface area contributed by atoms with E-state index in [1.165, 1.54) is 22.8 Å². The first-order valence-electron chi connectivity index (χ1n) is 10.2. The molecule has 0 aliphatic heterocycles. The molecule has 0 spiro atoms. The molecular formula is C24H16F6N2O4. The molecule has 12 heteroatoms. The highest BCUT2D eigenvalue weighted by molar-refractivity contribution is 5.83. The Morgan fingerprint density at radius 2 is 1.64 bits per heavy atom. The van der Waals surface area contributed by atoms with E-state index < -0.39 is 36.4 Å². The van der Waals surface area contributed by atoms with E-state index in [4.69, 9.17) is 9.84 Å². The average Bonchev–Trinajstić information content (AvgIpc) is 3.18. The molecular weight excluding hydrogens is 494 g/mol. The average molecular weight is 510 g/mol. The van der Waals surface area contributed by atoms with E-state index in [1.807, 2.05) is 0 Å². The zero-order chi connectivity index (χ0) is 26.1. The number of benzene rings is 2. The van der Waals surface area contributed by atoms with Gasteiger partial charge in [0.15, 0.2) is 0 Å². The Morgan fingerprint density at radius 1 is 0.944 bits per heavy atom. The molecule has 4 aromatic rings. The number of fused-ring (bicyclic) bond motifs is 1. The molecule has 2 aromatic heterocycles. The minimum atomic E-state index is -4.89. The van der Waals surface area contributed by atoms with Crippen LogP contribution in [0.3, 0.4) is 0 Å². The number of halogens is 6. The second-order valence-electron chi connectivity index (χ2n) is 7.64. The number of carbonyl (C=O) groups is 1. The summed E-state index contributed by atoms with van der Waals surface area (Å²) < 4.78 is 89.1. The van der Waals surface area contributed by atoms with Gasteiger partial charge < -0.3 is 19.1 Å². The number of aliphatic carboxylic acids is 1. The van der Waals surface area contributed by atoms with Crippen LogP contribution < -0.4 is 9.47 Å². The Kier molecular flexibility index (Phi) is 6.53. The van der Waals surface area contributed by atoms with Gasteiger partial charge in [-0.15, -0.1) is 13.2 Å². The summed E-state index contributed by atoms with van der Waals surface area (Å²) in [7, 11) is 0. The van der Waals surface area contributed by atoms with Crippen LogP contribution in [0.25, 0.3) is 22.2 Å². The van der Waals surface area contributed by atoms with Crippen molar-refractivity contribution in [3.63, 3.8) is 0 Å². The Labute approximate surface area is 199 Å². The first-order chi connectivity index (χ1) is 16.9. The molecule has 2 aromatic carbocycles. The summed E-state index contributed by atoms with van der Waals surface area (Å²) in [5, 5.41) is 9.75. The van der Waals surface area contributed by atoms with E-state index in [-0.39, 0.29) is 29.1 Å². The number of hydrogen-bond donors (Lipinski definition) is 1. The molecule has 0 amide bonds. The summed E-state index contributed by atoms with van der Waals surface area (Å²) in [6.45, 7) is -0.772. The van der Waals surface area contributed by atoms with Crippen molar-refractivity contribution in [3.8, 4) is 22.8 Å². The van der Waals surface area contributed by atoms with Crippen LogP contribution in [0.4, 0.5) is 26.3 Å². The van der Waals surface area contributed by atoms with Gasteiger partial charge in [0.2, 0.25) is 0 Å². The van der Waals surface area contributed by atoms with Gasteiger partial charge in [-0.1, -0.05) is 0 Å². The van der Waals surface area contributed by atoms with Gasteiger partial charge in [0.1, 0.15) is 24.7 Å². The molecule has 0 aliphatic rings. The largest absolute Gasteiger partial charge is 0.573 e. The van der Waals surface area contributed by atoms with E-state index in [1.54, 1.807) is 24.4 Å². The lowest BCUT2D eigenvalue weighted by atomic mass is 10.0. The minimum absolute atomic E-state index is 0.0995. The number of rotatable bonds is 7. The first-order valence-corrected chi connectivity index (χ1v) is 10.2. The predicted octanol–water partition coefficient (Wildman–Crippen LogP) is 6.28. The molecule has 0 fully saturated rings. The quantitative estimate of drug-likeness (QED) is 0.296. The molecule has 188 valence electrons. The van der Waals surface area contributed by atoms with Crippen molar-refractivity contribution in [1.82, 2.24) is 9.55 Å². The summed E-state index contributed by atoms with van der Waals surface area (Å²) in [6, 6.07) is 11.5. The fourth-order valence-electron chi connectivity index (χ4n) is 3.55. The van der Waals surface area contributed by atoms with E-state index in [0.29, 0.717) is 5.52 Å². The van der Waals surface area contributed by atoms with Gasteiger partial charge >= 0.3 is 18.5 Å². The predicted molar refractivity (Wildman–Crippen MR) is 115 cm³/mol. The lowest BCUT2D eigenvalue weighted by molar-refractivity contribution is -0.274. The maximum Gasteiger partial charge on any atom is 0.573 e. The number of alkyl halides is 6. The van der Waals surface area contributed by atoms with Crippen LogP contribution in [0.5, 0.6) is 11.5 Å². The molecule has 6 nitrogen and oxygen atoms in total. The second-order valence-corrected chi connectivity index (χ2v) is 7.64. The maximum absolute atomic E-state index is 13.8. The number of pyridine rings is 1. The zero-order valence-corrected chi connectivity index (χ0v) is 18.1. The van der Waals surface area contributed by atoms with Crippen LogP contribution in [-0.4, -0.2) is 27.0 Å². The van der Waals surface area contributed by atoms with Crippen molar-refractivity contribution in [2.75, 3.05) is 0 Å². The van der Waals surface area contributed by atoms with Gasteiger partial charge in [0, 0.05) is 29.6 Å². The molecule has 2 heterocycles. The van der Waals surface area contributed by atoms with E-state index in [2.05, 4.69) is 9.72 Å². The Balaban J connectivity index is 1.57. The molecule has 0 bridgehead atoms. The highest BCUT2D eigenvalue weighted by Crippen LogP contribution is 2.35. The van der Waals surface area contributed by atoms with Gasteiger partial charge in [-0.05, 0) is 53.9 Å². The number of carboxylic acid groups (broad SMARTS) is 1. The molecule has 1 N–H and O–H groups in total. The third kappa shape index (κ3) is 5.88. The monoisotopic (exact) mass is 510 g/mol. The van der Waals surface area contributed by atoms with Gasteiger partial charge in [0.25, 0.3) is 0 Å². The van der Waals surface area contributed by atoms with Crippen LogP contribution >= 0.6 is 0 Å². The zero-order valence-electron chi connectivity index (χ0n) is 18.1. The minimum Gasteiger partial charge on any atom is -0.489 e. The summed E-state index contributed by atoms with van der Waals surface area (Å²) in [5.74, 6) is -1.34. The third-order valence-corrected chi connectivity index (χ3v) is 5.12. The van der Waals surface area contributed by atoms with Crippen molar-refractivity contribution in [2.45, 2.75) is 25.7 Å². The van der Waals surface area contributed by atoms with Crippen molar-refractivity contribution in [2.24, 2.45) is 0 Å². The number of ether oxygens (including phenoxy) is 2. The molecule has 0 unspecified atom stereocenters. The van der Waals surface area contributed by atoms with E-state index in [0.717, 1.165) is 29.8 Å². The van der Waals surface area contributed by atoms with Gasteiger partial charge in [0.05, 0.1) is 16.8 Å². The van der Waals surface area contributed by atoms with E-state index in [9.17, 15) is 31.1 Å². The summed E-state index contributed by atoms with van der Waals surface area (Å²) in [6.07, 6.45) is -7.08. The van der Waals surface area contributed by atoms with Gasteiger partial charge in [-0.3, -0.25) is 9.78 Å². The smallest absolute Gasteiger partial charge is 0.489 e. The third-order valence-electron chi connectivity index (χ3n) is 5.12. The number of aromatic nitrogens is 2. The number of nitrogens with zero attached hydrogens (tertiary/aromatic N) is 2. The SMILES string of the molecule is O=C(O)Cn1ccc2ccc(OCc3cnc(-c4ccc(OC(F)(F)F)cc4)cc3C(F)(F)F)cc21. The highest BCUT2D eigenvalue weighted by atomic mass is 19.4. The Hall–Kier alpha value is -4.22.